The number of aromatic amines is 1. The Morgan fingerprint density at radius 2 is 1.51 bits per heavy atom. The van der Waals surface area contributed by atoms with Crippen LogP contribution in [0.3, 0.4) is 0 Å². The fourth-order valence-corrected chi connectivity index (χ4v) is 11.3. The molecule has 0 saturated carbocycles. The van der Waals surface area contributed by atoms with Crippen LogP contribution in [-0.4, -0.2) is 207 Å². The first-order valence-electron chi connectivity index (χ1n) is 29.0. The fourth-order valence-electron chi connectivity index (χ4n) is 9.73. The van der Waals surface area contributed by atoms with E-state index >= 15 is 0 Å². The quantitative estimate of drug-likeness (QED) is 0.0293. The molecule has 11 amide bonds. The van der Waals surface area contributed by atoms with Crippen LogP contribution in [0.2, 0.25) is 0 Å². The maximum atomic E-state index is 14.4. The Bertz CT molecular complexity index is 2790. The lowest BCUT2D eigenvalue weighted by molar-refractivity contribution is -0.141. The molecular weight excluding hydrogens is 1160 g/mol. The van der Waals surface area contributed by atoms with Crippen molar-refractivity contribution in [1.82, 2.24) is 78.1 Å². The maximum absolute atomic E-state index is 14.4. The number of urea groups is 1. The number of thioether (sulfide) groups is 1. The van der Waals surface area contributed by atoms with E-state index in [1.165, 1.54) is 23.4 Å². The first-order valence-corrected chi connectivity index (χ1v) is 30.0. The van der Waals surface area contributed by atoms with E-state index in [1.807, 2.05) is 11.8 Å². The Morgan fingerprint density at radius 3 is 2.23 bits per heavy atom. The molecule has 476 valence electrons. The van der Waals surface area contributed by atoms with Gasteiger partial charge in [0.05, 0.1) is 75.8 Å². The number of primary amides is 1. The number of aryl methyl sites for hydroxylation is 1. The summed E-state index contributed by atoms with van der Waals surface area (Å²) in [6.45, 7) is 3.23. The number of benzene rings is 1. The average molecular weight is 1240 g/mol. The molecule has 0 spiro atoms. The lowest BCUT2D eigenvalue weighted by Gasteiger charge is -2.27. The Kier molecular flexibility index (Phi) is 27.6. The number of amides is 11. The van der Waals surface area contributed by atoms with Gasteiger partial charge in [0.15, 0.2) is 0 Å². The monoisotopic (exact) mass is 1240 g/mol. The number of hydrogen-bond acceptors (Lipinski definition) is 18. The predicted molar refractivity (Wildman–Crippen MR) is 310 cm³/mol. The smallest absolute Gasteiger partial charge is 0.315 e. The lowest BCUT2D eigenvalue weighted by Crippen LogP contribution is -2.60. The van der Waals surface area contributed by atoms with Crippen LogP contribution in [0.15, 0.2) is 49.1 Å². The number of rotatable bonds is 25. The largest absolute Gasteiger partial charge is 0.481 e. The van der Waals surface area contributed by atoms with Gasteiger partial charge in [-0.1, -0.05) is 55.8 Å². The number of carboxylic acid groups (broad SMARTS) is 1. The Labute approximate surface area is 506 Å². The number of H-pyrrole nitrogens is 1. The van der Waals surface area contributed by atoms with Crippen LogP contribution in [-0.2, 0) is 88.0 Å². The third-order valence-electron chi connectivity index (χ3n) is 14.3. The number of unbranched alkanes of at least 4 members (excludes halogenated alkanes) is 1. The number of carbonyl (C=O) groups excluding carboxylic acids is 10. The Hall–Kier alpha value is -8.23. The molecule has 2 aromatic heterocycles. The highest BCUT2D eigenvalue weighted by atomic mass is 32.2. The molecule has 2 bridgehead atoms. The standard InChI is InChI=1S/C55H80N16O15S/c1-32(2)47-54(82)59-27-44(73)61-38(23-34-26-57-31-60-34)51(79)63-36(49(56)77)12-8-9-16-71-28-35(69-70-71)24-39(52(80)64-37(22-33-10-4-3-5-11-33)50(78)65-40(25-46(75)76)53(81)67-47)62-45(74)29-86-21-20-85-19-18-84-17-15-58-43(72)14-7-6-13-42-48-41(30-87-42)66-55(83)68-48/h3-5,10-11,26,28,31-32,36-42,47-48H,6-9,12-25,27,29-30H2,1-2H3,(H2,56,77)(H,57,60)(H,58,72)(H,59,82)(H,61,73)(H,62,74)(H,63,79)(H,64,80)(H,65,78)(H,67,81)(H,75,76)(H2,66,68,83)/t36-,37+,38+,39-,40+,41+,42+,47+,48+/m0/s1. The van der Waals surface area contributed by atoms with Crippen molar-refractivity contribution in [2.24, 2.45) is 11.7 Å². The normalized spacial score (nSPS) is 23.7. The number of imidazole rings is 1. The second-order valence-electron chi connectivity index (χ2n) is 21.5. The summed E-state index contributed by atoms with van der Waals surface area (Å²) in [6, 6.07) is 0.0481. The second kappa shape index (κ2) is 35.4. The fraction of sp³-hybridized carbons (Fsp3) is 0.600. The number of carboxylic acids is 1. The molecule has 0 radical (unpaired) electrons. The van der Waals surface area contributed by atoms with Crippen molar-refractivity contribution in [2.45, 2.75) is 145 Å². The van der Waals surface area contributed by atoms with Crippen LogP contribution in [0.25, 0.3) is 0 Å². The summed E-state index contributed by atoms with van der Waals surface area (Å²) in [6.07, 6.45) is 6.60. The minimum Gasteiger partial charge on any atom is -0.481 e. The van der Waals surface area contributed by atoms with Gasteiger partial charge < -0.3 is 83.2 Å². The Balaban J connectivity index is 1.07. The zero-order chi connectivity index (χ0) is 62.7. The number of nitrogens with one attached hydrogen (secondary N) is 11. The molecular formula is C55H80N16O15S. The zero-order valence-corrected chi connectivity index (χ0v) is 49.5. The third-order valence-corrected chi connectivity index (χ3v) is 15.8. The molecule has 3 aliphatic rings. The van der Waals surface area contributed by atoms with Crippen molar-refractivity contribution in [3.8, 4) is 0 Å². The van der Waals surface area contributed by atoms with Crippen molar-refractivity contribution < 1.29 is 72.1 Å². The van der Waals surface area contributed by atoms with E-state index in [4.69, 9.17) is 19.9 Å². The highest BCUT2D eigenvalue weighted by Crippen LogP contribution is 2.33. The summed E-state index contributed by atoms with van der Waals surface area (Å²) in [5.74, 6) is -8.38. The molecule has 0 unspecified atom stereocenters. The van der Waals surface area contributed by atoms with Gasteiger partial charge >= 0.3 is 12.0 Å². The first-order chi connectivity index (χ1) is 41.8. The van der Waals surface area contributed by atoms with Gasteiger partial charge in [-0.2, -0.15) is 11.8 Å². The molecule has 1 aromatic carbocycles. The number of nitrogens with zero attached hydrogens (tertiary/aromatic N) is 4. The third kappa shape index (κ3) is 23.5. The van der Waals surface area contributed by atoms with Crippen LogP contribution in [0.5, 0.6) is 0 Å². The number of carbonyl (C=O) groups is 11. The molecule has 9 atom stereocenters. The molecule has 0 aliphatic carbocycles. The molecule has 3 aromatic rings. The van der Waals surface area contributed by atoms with Crippen LogP contribution in [0.1, 0.15) is 82.2 Å². The molecule has 2 saturated heterocycles. The number of aromatic nitrogens is 5. The summed E-state index contributed by atoms with van der Waals surface area (Å²) in [4.78, 5) is 153. The zero-order valence-electron chi connectivity index (χ0n) is 48.7. The van der Waals surface area contributed by atoms with Crippen molar-refractivity contribution in [1.29, 1.82) is 0 Å². The number of nitrogens with two attached hydrogens (primary N) is 1. The molecule has 2 fully saturated rings. The highest BCUT2D eigenvalue weighted by Gasteiger charge is 2.43. The van der Waals surface area contributed by atoms with Crippen molar-refractivity contribution in [3.63, 3.8) is 0 Å². The Morgan fingerprint density at radius 1 is 0.793 bits per heavy atom. The molecule has 6 rings (SSSR count). The number of fused-ring (bicyclic) bond motifs is 3. The van der Waals surface area contributed by atoms with Crippen molar-refractivity contribution in [3.05, 3.63) is 66.0 Å². The summed E-state index contributed by atoms with van der Waals surface area (Å²) < 4.78 is 18.1. The lowest BCUT2D eigenvalue weighted by atomic mass is 10.0. The van der Waals surface area contributed by atoms with Crippen LogP contribution < -0.4 is 58.9 Å². The van der Waals surface area contributed by atoms with Crippen LogP contribution >= 0.6 is 11.8 Å². The molecule has 3 aliphatic heterocycles. The molecule has 14 N–H and O–H groups in total. The highest BCUT2D eigenvalue weighted by molar-refractivity contribution is 8.00. The van der Waals surface area contributed by atoms with Crippen LogP contribution in [0.4, 0.5) is 4.79 Å². The number of aliphatic carboxylic acids is 1. The van der Waals surface area contributed by atoms with Gasteiger partial charge in [0, 0.05) is 62.2 Å². The van der Waals surface area contributed by atoms with Gasteiger partial charge in [0.25, 0.3) is 0 Å². The minimum atomic E-state index is -1.81. The van der Waals surface area contributed by atoms with Gasteiger partial charge in [-0.25, -0.2) is 9.78 Å². The summed E-state index contributed by atoms with van der Waals surface area (Å²) >= 11 is 1.84. The van der Waals surface area contributed by atoms with Crippen LogP contribution in [0, 0.1) is 5.92 Å². The maximum Gasteiger partial charge on any atom is 0.315 e. The van der Waals surface area contributed by atoms with E-state index < -0.39 is 115 Å². The SMILES string of the molecule is CC(C)[C@H]1NC(=O)[C@@H](CC(=O)O)NC(=O)[C@@H](Cc2ccccc2)NC(=O)[C@@H](NC(=O)COCCOCCOCCNC(=O)CCCC[C@H]2SC[C@H]3NC(=O)N[C@H]32)Cc2cn(nn2)CCCC[C@@H](C(N)=O)NC(=O)[C@@H](Cc2c[nH]cn2)NC(=O)CNC1=O. The summed E-state index contributed by atoms with van der Waals surface area (Å²) in [7, 11) is 0. The van der Waals surface area contributed by atoms with Crippen molar-refractivity contribution in [2.75, 3.05) is 58.5 Å². The van der Waals surface area contributed by atoms with E-state index in [0.29, 0.717) is 42.3 Å². The topological polar surface area (TPSA) is 441 Å². The van der Waals surface area contributed by atoms with E-state index in [1.54, 1.807) is 44.2 Å². The minimum absolute atomic E-state index is 0.0241. The van der Waals surface area contributed by atoms with Gasteiger partial charge in [-0.3, -0.25) is 52.6 Å². The van der Waals surface area contributed by atoms with E-state index in [0.717, 1.165) is 25.0 Å². The number of ether oxygens (including phenoxy) is 3. The molecule has 87 heavy (non-hydrogen) atoms. The van der Waals surface area contributed by atoms with E-state index in [9.17, 15) is 57.8 Å². The number of hydrogen-bond donors (Lipinski definition) is 13. The van der Waals surface area contributed by atoms with Gasteiger partial charge in [-0.15, -0.1) is 5.10 Å². The van der Waals surface area contributed by atoms with E-state index in [2.05, 4.69) is 73.4 Å². The van der Waals surface area contributed by atoms with Gasteiger partial charge in [0.2, 0.25) is 53.2 Å². The average Bonchev–Trinajstić information content (AvgIpc) is 2.44. The second-order valence-corrected chi connectivity index (χ2v) is 22.8. The summed E-state index contributed by atoms with van der Waals surface area (Å²) in [5, 5.41) is 45.1. The van der Waals surface area contributed by atoms with E-state index in [-0.39, 0.29) is 95.0 Å². The van der Waals surface area contributed by atoms with Gasteiger partial charge in [0.1, 0.15) is 42.9 Å². The summed E-state index contributed by atoms with van der Waals surface area (Å²) in [5.41, 5.74) is 6.87. The molecule has 32 heteroatoms. The predicted octanol–water partition coefficient (Wildman–Crippen LogP) is -3.25. The molecule has 31 nitrogen and oxygen atoms in total. The van der Waals surface area contributed by atoms with Crippen molar-refractivity contribution >= 4 is 76.9 Å². The first kappa shape index (κ1) is 67.9. The molecule has 5 heterocycles. The van der Waals surface area contributed by atoms with Gasteiger partial charge in [-0.05, 0) is 43.6 Å².